The summed E-state index contributed by atoms with van der Waals surface area (Å²) in [7, 11) is 0. The van der Waals surface area contributed by atoms with Crippen molar-refractivity contribution in [2.45, 2.75) is 0 Å². The Morgan fingerprint density at radius 2 is 2.11 bits per heavy atom. The monoisotopic (exact) mass is 139 g/mol. The van der Waals surface area contributed by atoms with E-state index in [0.29, 0.717) is 5.70 Å². The molecule has 0 saturated carbocycles. The lowest BCUT2D eigenvalue weighted by Gasteiger charge is -1.81. The molecular weight excluding hydrogens is 130 g/mol. The molecule has 0 rings (SSSR count). The number of nitrogens with two attached hydrogens (primary N) is 1. The van der Waals surface area contributed by atoms with Gasteiger partial charge in [-0.3, -0.25) is 0 Å². The van der Waals surface area contributed by atoms with E-state index < -0.39 is 0 Å². The van der Waals surface area contributed by atoms with Gasteiger partial charge in [-0.25, -0.2) is 0 Å². The SMILES string of the molecule is C=C/C=C\C=C(/N)C=S. The van der Waals surface area contributed by atoms with Crippen molar-refractivity contribution in [1.82, 2.24) is 0 Å². The van der Waals surface area contributed by atoms with Gasteiger partial charge in [0, 0.05) is 11.1 Å². The molecule has 0 amide bonds. The van der Waals surface area contributed by atoms with E-state index >= 15 is 0 Å². The molecule has 0 aliphatic rings. The molecule has 0 radical (unpaired) electrons. The van der Waals surface area contributed by atoms with Crippen molar-refractivity contribution in [2.75, 3.05) is 0 Å². The van der Waals surface area contributed by atoms with Crippen LogP contribution in [0.2, 0.25) is 0 Å². The van der Waals surface area contributed by atoms with Gasteiger partial charge in [0.2, 0.25) is 0 Å². The van der Waals surface area contributed by atoms with Gasteiger partial charge in [-0.1, -0.05) is 37.0 Å². The first-order valence-electron chi connectivity index (χ1n) is 2.51. The molecule has 0 unspecified atom stereocenters. The lowest BCUT2D eigenvalue weighted by atomic mass is 10.4. The van der Waals surface area contributed by atoms with Crippen LogP contribution in [0.25, 0.3) is 0 Å². The fourth-order valence-corrected chi connectivity index (χ4v) is 0.363. The average molecular weight is 139 g/mol. The van der Waals surface area contributed by atoms with Crippen molar-refractivity contribution in [3.63, 3.8) is 0 Å². The molecule has 2 N–H and O–H groups in total. The molecule has 2 heteroatoms. The first-order valence-corrected chi connectivity index (χ1v) is 2.98. The summed E-state index contributed by atoms with van der Waals surface area (Å²) >= 11 is 4.55. The highest BCUT2D eigenvalue weighted by Crippen LogP contribution is 1.81. The zero-order chi connectivity index (χ0) is 7.11. The van der Waals surface area contributed by atoms with Crippen molar-refractivity contribution in [3.05, 3.63) is 36.6 Å². The van der Waals surface area contributed by atoms with E-state index in [1.54, 1.807) is 24.3 Å². The lowest BCUT2D eigenvalue weighted by molar-refractivity contribution is 1.52. The van der Waals surface area contributed by atoms with E-state index in [9.17, 15) is 0 Å². The summed E-state index contributed by atoms with van der Waals surface area (Å²) in [5, 5.41) is 1.42. The number of allylic oxidation sites excluding steroid dienone is 5. The average Bonchev–Trinajstić information content (AvgIpc) is 1.89. The van der Waals surface area contributed by atoms with Crippen LogP contribution >= 0.6 is 12.2 Å². The maximum atomic E-state index is 5.33. The summed E-state index contributed by atoms with van der Waals surface area (Å²) in [5.74, 6) is 0. The maximum Gasteiger partial charge on any atom is 0.0423 e. The van der Waals surface area contributed by atoms with Crippen molar-refractivity contribution in [1.29, 1.82) is 0 Å². The first kappa shape index (κ1) is 8.11. The number of hydrogen-bond acceptors (Lipinski definition) is 2. The van der Waals surface area contributed by atoms with Gasteiger partial charge in [0.15, 0.2) is 0 Å². The Kier molecular flexibility index (Phi) is 4.73. The minimum atomic E-state index is 0.586. The zero-order valence-electron chi connectivity index (χ0n) is 5.08. The number of hydrogen-bond donors (Lipinski definition) is 1. The molecule has 0 atom stereocenters. The first-order chi connectivity index (χ1) is 4.31. The van der Waals surface area contributed by atoms with Gasteiger partial charge in [-0.2, -0.15) is 0 Å². The molecular formula is C7H9NS. The molecule has 0 heterocycles. The van der Waals surface area contributed by atoms with Crippen molar-refractivity contribution in [2.24, 2.45) is 5.73 Å². The Labute approximate surface area is 60.6 Å². The molecule has 0 fully saturated rings. The molecule has 0 aromatic rings. The quantitative estimate of drug-likeness (QED) is 0.365. The molecule has 0 aliphatic heterocycles. The van der Waals surface area contributed by atoms with Crippen LogP contribution in [0.3, 0.4) is 0 Å². The van der Waals surface area contributed by atoms with Gasteiger partial charge >= 0.3 is 0 Å². The maximum absolute atomic E-state index is 5.33. The topological polar surface area (TPSA) is 26.0 Å². The summed E-state index contributed by atoms with van der Waals surface area (Å²) in [6.45, 7) is 3.49. The fourth-order valence-electron chi connectivity index (χ4n) is 0.285. The largest absolute Gasteiger partial charge is 0.398 e. The van der Waals surface area contributed by atoms with Crippen molar-refractivity contribution in [3.8, 4) is 0 Å². The highest BCUT2D eigenvalue weighted by Gasteiger charge is 1.72. The Bertz CT molecular complexity index is 156. The lowest BCUT2D eigenvalue weighted by Crippen LogP contribution is -1.94. The number of thiocarbonyl (C=S) groups is 1. The second-order valence-corrected chi connectivity index (χ2v) is 1.64. The molecule has 0 bridgehead atoms. The van der Waals surface area contributed by atoms with E-state index in [1.165, 1.54) is 5.37 Å². The number of rotatable bonds is 3. The van der Waals surface area contributed by atoms with Crippen LogP contribution in [0.5, 0.6) is 0 Å². The van der Waals surface area contributed by atoms with Gasteiger partial charge in [0.05, 0.1) is 0 Å². The Balaban J connectivity index is 3.81. The second-order valence-electron chi connectivity index (χ2n) is 1.41. The van der Waals surface area contributed by atoms with Gasteiger partial charge in [-0.15, -0.1) is 0 Å². The van der Waals surface area contributed by atoms with Crippen LogP contribution in [-0.2, 0) is 0 Å². The van der Waals surface area contributed by atoms with Crippen LogP contribution in [0.1, 0.15) is 0 Å². The molecule has 0 spiro atoms. The van der Waals surface area contributed by atoms with Gasteiger partial charge in [0.25, 0.3) is 0 Å². The molecule has 0 aromatic carbocycles. The summed E-state index contributed by atoms with van der Waals surface area (Å²) in [5.41, 5.74) is 5.92. The van der Waals surface area contributed by atoms with Crippen molar-refractivity contribution >= 4 is 17.6 Å². The summed E-state index contributed by atoms with van der Waals surface area (Å²) in [4.78, 5) is 0. The van der Waals surface area contributed by atoms with E-state index in [4.69, 9.17) is 5.73 Å². The third-order valence-corrected chi connectivity index (χ3v) is 0.944. The van der Waals surface area contributed by atoms with Crippen LogP contribution in [0, 0.1) is 0 Å². The second kappa shape index (κ2) is 5.25. The highest BCUT2D eigenvalue weighted by atomic mass is 32.1. The smallest absolute Gasteiger partial charge is 0.0423 e. The molecule has 0 aromatic heterocycles. The molecule has 48 valence electrons. The third kappa shape index (κ3) is 4.97. The fraction of sp³-hybridized carbons (Fsp3) is 0. The summed E-state index contributed by atoms with van der Waals surface area (Å²) in [6.07, 6.45) is 6.96. The van der Waals surface area contributed by atoms with Crippen LogP contribution < -0.4 is 5.73 Å². The molecule has 0 aliphatic carbocycles. The molecule has 0 saturated heterocycles. The van der Waals surface area contributed by atoms with E-state index in [1.807, 2.05) is 0 Å². The van der Waals surface area contributed by atoms with Gasteiger partial charge in [-0.05, 0) is 6.08 Å². The van der Waals surface area contributed by atoms with Crippen molar-refractivity contribution < 1.29 is 0 Å². The van der Waals surface area contributed by atoms with Crippen LogP contribution in [0.15, 0.2) is 36.6 Å². The predicted molar refractivity (Wildman–Crippen MR) is 45.3 cm³/mol. The van der Waals surface area contributed by atoms with E-state index in [2.05, 4.69) is 18.8 Å². The zero-order valence-corrected chi connectivity index (χ0v) is 5.90. The standard InChI is InChI=1S/C7H9NS/c1-2-3-4-5-7(8)6-9/h2-6H,1,8H2/b4-3-,7-5-. The van der Waals surface area contributed by atoms with E-state index in [-0.39, 0.29) is 0 Å². The van der Waals surface area contributed by atoms with E-state index in [0.717, 1.165) is 0 Å². The highest BCUT2D eigenvalue weighted by molar-refractivity contribution is 7.79. The molecule has 9 heavy (non-hydrogen) atoms. The van der Waals surface area contributed by atoms with Crippen LogP contribution in [-0.4, -0.2) is 5.37 Å². The summed E-state index contributed by atoms with van der Waals surface area (Å²) in [6, 6.07) is 0. The Morgan fingerprint density at radius 1 is 1.44 bits per heavy atom. The summed E-state index contributed by atoms with van der Waals surface area (Å²) < 4.78 is 0. The third-order valence-electron chi connectivity index (χ3n) is 0.672. The van der Waals surface area contributed by atoms with Crippen LogP contribution in [0.4, 0.5) is 0 Å². The predicted octanol–water partition coefficient (Wildman–Crippen LogP) is 1.57. The Morgan fingerprint density at radius 3 is 2.56 bits per heavy atom. The Hall–Kier alpha value is -0.890. The minimum absolute atomic E-state index is 0.586. The minimum Gasteiger partial charge on any atom is -0.398 e. The normalized spacial score (nSPS) is 11.8. The van der Waals surface area contributed by atoms with Gasteiger partial charge < -0.3 is 5.73 Å². The van der Waals surface area contributed by atoms with Gasteiger partial charge in [0.1, 0.15) is 0 Å². The molecule has 1 nitrogen and oxygen atoms in total.